The number of carbonyl (C=O) groups excluding carboxylic acids is 1. The van der Waals surface area contributed by atoms with E-state index in [1.165, 1.54) is 0 Å². The predicted octanol–water partition coefficient (Wildman–Crippen LogP) is 2.46. The number of amides is 1. The third-order valence-electron chi connectivity index (χ3n) is 1.89. The molecule has 0 saturated heterocycles. The second kappa shape index (κ2) is 6.09. The molecule has 15 heavy (non-hydrogen) atoms. The Labute approximate surface area is 98.7 Å². The van der Waals surface area contributed by atoms with Crippen LogP contribution >= 0.6 is 23.5 Å². The van der Waals surface area contributed by atoms with E-state index in [0.717, 1.165) is 22.8 Å². The zero-order chi connectivity index (χ0) is 11.3. The molecule has 0 aromatic carbocycles. The predicted molar refractivity (Wildman–Crippen MR) is 65.2 cm³/mol. The summed E-state index contributed by atoms with van der Waals surface area (Å²) in [6.45, 7) is 4.06. The van der Waals surface area contributed by atoms with Crippen LogP contribution < -0.4 is 5.32 Å². The summed E-state index contributed by atoms with van der Waals surface area (Å²) < 4.78 is 0.877. The van der Waals surface area contributed by atoms with Crippen LogP contribution in [0.5, 0.6) is 0 Å². The zero-order valence-electron chi connectivity index (χ0n) is 8.87. The fourth-order valence-corrected chi connectivity index (χ4v) is 3.71. The average Bonchev–Trinajstić information content (AvgIpc) is 2.17. The van der Waals surface area contributed by atoms with Gasteiger partial charge in [0.15, 0.2) is 0 Å². The van der Waals surface area contributed by atoms with Crippen LogP contribution in [0.4, 0.5) is 0 Å². The molecule has 0 aromatic rings. The SMILES string of the molecule is CCCCSC1=C(C#N)C(=O)N[C@@H](C)S1. The van der Waals surface area contributed by atoms with Crippen LogP contribution in [-0.2, 0) is 4.79 Å². The smallest absolute Gasteiger partial charge is 0.264 e. The van der Waals surface area contributed by atoms with Gasteiger partial charge in [0.25, 0.3) is 5.91 Å². The van der Waals surface area contributed by atoms with Gasteiger partial charge in [0, 0.05) is 0 Å². The lowest BCUT2D eigenvalue weighted by Gasteiger charge is -2.21. The summed E-state index contributed by atoms with van der Waals surface area (Å²) >= 11 is 3.18. The molecule has 1 rings (SSSR count). The van der Waals surface area contributed by atoms with Crippen LogP contribution in [0.1, 0.15) is 26.7 Å². The first-order valence-corrected chi connectivity index (χ1v) is 6.80. The Morgan fingerprint density at radius 3 is 3.00 bits per heavy atom. The number of hydrogen-bond donors (Lipinski definition) is 1. The van der Waals surface area contributed by atoms with Crippen LogP contribution in [0.3, 0.4) is 0 Å². The molecule has 5 heteroatoms. The molecule has 0 radical (unpaired) electrons. The van der Waals surface area contributed by atoms with Gasteiger partial charge in [-0.3, -0.25) is 4.79 Å². The summed E-state index contributed by atoms with van der Waals surface area (Å²) in [6.07, 6.45) is 2.25. The Bertz CT molecular complexity index is 320. The molecule has 0 aliphatic carbocycles. The summed E-state index contributed by atoms with van der Waals surface area (Å²) in [5.41, 5.74) is 0.277. The molecule has 0 unspecified atom stereocenters. The van der Waals surface area contributed by atoms with Crippen molar-refractivity contribution in [1.82, 2.24) is 5.32 Å². The van der Waals surface area contributed by atoms with Crippen molar-refractivity contribution in [2.75, 3.05) is 5.75 Å². The van der Waals surface area contributed by atoms with E-state index < -0.39 is 0 Å². The third kappa shape index (κ3) is 3.47. The molecule has 0 spiro atoms. The fraction of sp³-hybridized carbons (Fsp3) is 0.600. The summed E-state index contributed by atoms with van der Waals surface area (Å²) in [7, 11) is 0. The van der Waals surface area contributed by atoms with E-state index in [4.69, 9.17) is 5.26 Å². The molecule has 1 heterocycles. The second-order valence-electron chi connectivity index (χ2n) is 3.21. The molecule has 1 aliphatic heterocycles. The summed E-state index contributed by atoms with van der Waals surface area (Å²) in [5, 5.41) is 11.7. The van der Waals surface area contributed by atoms with Gasteiger partial charge in [0.2, 0.25) is 0 Å². The van der Waals surface area contributed by atoms with Crippen molar-refractivity contribution in [2.24, 2.45) is 0 Å². The lowest BCUT2D eigenvalue weighted by atomic mass is 10.3. The van der Waals surface area contributed by atoms with E-state index in [1.54, 1.807) is 23.5 Å². The molecule has 0 fully saturated rings. The lowest BCUT2D eigenvalue weighted by Crippen LogP contribution is -2.34. The van der Waals surface area contributed by atoms with Crippen molar-refractivity contribution in [2.45, 2.75) is 32.1 Å². The van der Waals surface area contributed by atoms with Crippen LogP contribution in [-0.4, -0.2) is 17.0 Å². The molecular formula is C10H14N2OS2. The minimum atomic E-state index is -0.234. The van der Waals surface area contributed by atoms with Gasteiger partial charge in [-0.15, -0.1) is 11.8 Å². The van der Waals surface area contributed by atoms with E-state index in [1.807, 2.05) is 13.0 Å². The van der Waals surface area contributed by atoms with Crippen LogP contribution in [0.15, 0.2) is 9.81 Å². The number of nitrogens with one attached hydrogen (secondary N) is 1. The Morgan fingerprint density at radius 2 is 2.40 bits per heavy atom. The van der Waals surface area contributed by atoms with Crippen molar-refractivity contribution < 1.29 is 4.79 Å². The first kappa shape index (κ1) is 12.5. The van der Waals surface area contributed by atoms with Gasteiger partial charge in [-0.25, -0.2) is 0 Å². The molecule has 1 amide bonds. The van der Waals surface area contributed by atoms with Gasteiger partial charge in [-0.2, -0.15) is 5.26 Å². The summed E-state index contributed by atoms with van der Waals surface area (Å²) in [5.74, 6) is 0.743. The van der Waals surface area contributed by atoms with Crippen molar-refractivity contribution >= 4 is 29.4 Å². The minimum Gasteiger partial charge on any atom is -0.340 e. The normalized spacial score (nSPS) is 21.1. The maximum Gasteiger partial charge on any atom is 0.264 e. The number of nitriles is 1. The van der Waals surface area contributed by atoms with Crippen molar-refractivity contribution in [3.8, 4) is 6.07 Å². The van der Waals surface area contributed by atoms with Gasteiger partial charge in [0.05, 0.1) is 9.61 Å². The molecule has 0 saturated carbocycles. The first-order valence-electron chi connectivity index (χ1n) is 4.93. The zero-order valence-corrected chi connectivity index (χ0v) is 10.5. The fourth-order valence-electron chi connectivity index (χ4n) is 1.11. The van der Waals surface area contributed by atoms with Gasteiger partial charge >= 0.3 is 0 Å². The highest BCUT2D eigenvalue weighted by Crippen LogP contribution is 2.37. The largest absolute Gasteiger partial charge is 0.340 e. The van der Waals surface area contributed by atoms with Gasteiger partial charge in [-0.1, -0.05) is 25.1 Å². The maximum atomic E-state index is 11.5. The van der Waals surface area contributed by atoms with E-state index in [-0.39, 0.29) is 16.9 Å². The number of thioether (sulfide) groups is 2. The van der Waals surface area contributed by atoms with E-state index >= 15 is 0 Å². The number of nitrogens with zero attached hydrogens (tertiary/aromatic N) is 1. The Hall–Kier alpha value is -0.600. The second-order valence-corrected chi connectivity index (χ2v) is 5.92. The highest BCUT2D eigenvalue weighted by atomic mass is 32.2. The summed E-state index contributed by atoms with van der Waals surface area (Å²) in [6, 6.07) is 1.98. The Kier molecular flexibility index (Phi) is 5.06. The van der Waals surface area contributed by atoms with E-state index in [9.17, 15) is 4.79 Å². The standard InChI is InChI=1S/C10H14N2OS2/c1-3-4-5-14-10-8(6-11)9(13)12-7(2)15-10/h7H,3-5H2,1-2H3,(H,12,13)/t7-/m1/s1. The van der Waals surface area contributed by atoms with Gasteiger partial charge in [-0.05, 0) is 19.1 Å². The molecule has 1 atom stereocenters. The number of carbonyl (C=O) groups is 1. The number of hydrogen-bond acceptors (Lipinski definition) is 4. The Balaban J connectivity index is 2.71. The third-order valence-corrected chi connectivity index (χ3v) is 4.38. The highest BCUT2D eigenvalue weighted by Gasteiger charge is 2.25. The molecule has 0 bridgehead atoms. The Morgan fingerprint density at radius 1 is 1.67 bits per heavy atom. The van der Waals surface area contributed by atoms with Crippen LogP contribution in [0.25, 0.3) is 0 Å². The topological polar surface area (TPSA) is 52.9 Å². The van der Waals surface area contributed by atoms with Crippen molar-refractivity contribution in [3.63, 3.8) is 0 Å². The van der Waals surface area contributed by atoms with Crippen LogP contribution in [0, 0.1) is 11.3 Å². The maximum absolute atomic E-state index is 11.5. The summed E-state index contributed by atoms with van der Waals surface area (Å²) in [4.78, 5) is 11.5. The van der Waals surface area contributed by atoms with Gasteiger partial charge in [0.1, 0.15) is 11.6 Å². The molecule has 3 nitrogen and oxygen atoms in total. The van der Waals surface area contributed by atoms with Crippen molar-refractivity contribution in [1.29, 1.82) is 5.26 Å². The van der Waals surface area contributed by atoms with E-state index in [2.05, 4.69) is 12.2 Å². The van der Waals surface area contributed by atoms with E-state index in [0.29, 0.717) is 0 Å². The lowest BCUT2D eigenvalue weighted by molar-refractivity contribution is -0.117. The molecule has 1 aliphatic rings. The molecule has 0 aromatic heterocycles. The quantitative estimate of drug-likeness (QED) is 0.769. The van der Waals surface area contributed by atoms with Crippen LogP contribution in [0.2, 0.25) is 0 Å². The molecular weight excluding hydrogens is 228 g/mol. The highest BCUT2D eigenvalue weighted by molar-refractivity contribution is 8.22. The molecule has 82 valence electrons. The minimum absolute atomic E-state index is 0.0683. The number of rotatable bonds is 4. The average molecular weight is 242 g/mol. The number of unbranched alkanes of at least 4 members (excludes halogenated alkanes) is 1. The van der Waals surface area contributed by atoms with Crippen molar-refractivity contribution in [3.05, 3.63) is 9.81 Å². The molecule has 1 N–H and O–H groups in total. The van der Waals surface area contributed by atoms with Gasteiger partial charge < -0.3 is 5.32 Å². The first-order chi connectivity index (χ1) is 7.19. The monoisotopic (exact) mass is 242 g/mol.